The van der Waals surface area contributed by atoms with Crippen LogP contribution < -0.4 is 0 Å². The Morgan fingerprint density at radius 1 is 1.19 bits per heavy atom. The predicted molar refractivity (Wildman–Crippen MR) is 105 cm³/mol. The van der Waals surface area contributed by atoms with E-state index in [1.165, 1.54) is 18.4 Å². The minimum absolute atomic E-state index is 0.0479. The summed E-state index contributed by atoms with van der Waals surface area (Å²) < 4.78 is 36.9. The van der Waals surface area contributed by atoms with E-state index in [1.807, 2.05) is 12.1 Å². The Labute approximate surface area is 163 Å². The van der Waals surface area contributed by atoms with Crippen LogP contribution in [0.25, 0.3) is 5.57 Å². The van der Waals surface area contributed by atoms with E-state index in [1.54, 1.807) is 24.4 Å². The number of hydrogen-bond donors (Lipinski definition) is 0. The maximum atomic E-state index is 13.7. The Bertz CT molecular complexity index is 978. The van der Waals surface area contributed by atoms with Crippen LogP contribution in [0, 0.1) is 5.82 Å². The van der Waals surface area contributed by atoms with Gasteiger partial charge < -0.3 is 4.84 Å². The minimum Gasteiger partial charge on any atom is -0.391 e. The summed E-state index contributed by atoms with van der Waals surface area (Å²) in [5.74, 6) is -0.426. The first kappa shape index (κ1) is 19.6. The topological polar surface area (TPSA) is 55.7 Å². The molecule has 1 aliphatic rings. The molecular formula is C20H19ClFNO3S. The van der Waals surface area contributed by atoms with Gasteiger partial charge in [0.05, 0.1) is 16.1 Å². The van der Waals surface area contributed by atoms with E-state index in [0.717, 1.165) is 36.0 Å². The van der Waals surface area contributed by atoms with Crippen molar-refractivity contribution in [1.29, 1.82) is 0 Å². The smallest absolute Gasteiger partial charge is 0.175 e. The summed E-state index contributed by atoms with van der Waals surface area (Å²) in [6.45, 7) is -0.0479. The molecule has 0 fully saturated rings. The summed E-state index contributed by atoms with van der Waals surface area (Å²) in [7, 11) is -3.21. The van der Waals surface area contributed by atoms with Crippen molar-refractivity contribution in [3.63, 3.8) is 0 Å². The molecule has 0 saturated carbocycles. The lowest BCUT2D eigenvalue weighted by molar-refractivity contribution is 0.129. The highest BCUT2D eigenvalue weighted by Gasteiger charge is 2.16. The summed E-state index contributed by atoms with van der Waals surface area (Å²) >= 11 is 5.96. The molecule has 142 valence electrons. The van der Waals surface area contributed by atoms with E-state index in [9.17, 15) is 12.8 Å². The standard InChI is InChI=1S/C20H19ClFNO3S/c1-27(24,25)16-10-8-14(9-11-16)17-5-2-4-15(17)12-23-26-13-18-19(21)6-3-7-20(18)22/h3,6-12H,2,4-5,13H2,1H3/b23-12+. The molecule has 0 N–H and O–H groups in total. The molecule has 0 aromatic heterocycles. The zero-order valence-electron chi connectivity index (χ0n) is 14.8. The molecule has 0 radical (unpaired) electrons. The Balaban J connectivity index is 1.72. The summed E-state index contributed by atoms with van der Waals surface area (Å²) in [5.41, 5.74) is 3.39. The van der Waals surface area contributed by atoms with Crippen molar-refractivity contribution in [1.82, 2.24) is 0 Å². The van der Waals surface area contributed by atoms with Gasteiger partial charge >= 0.3 is 0 Å². The van der Waals surface area contributed by atoms with Crippen molar-refractivity contribution in [2.24, 2.45) is 5.16 Å². The fraction of sp³-hybridized carbons (Fsp3) is 0.250. The van der Waals surface area contributed by atoms with Crippen LogP contribution in [0.15, 0.2) is 58.1 Å². The molecule has 2 aromatic rings. The highest BCUT2D eigenvalue weighted by Crippen LogP contribution is 2.33. The molecule has 0 amide bonds. The third kappa shape index (κ3) is 4.76. The van der Waals surface area contributed by atoms with Gasteiger partial charge in [-0.2, -0.15) is 0 Å². The Kier molecular flexibility index (Phi) is 5.97. The van der Waals surface area contributed by atoms with Crippen LogP contribution in [0.1, 0.15) is 30.4 Å². The number of hydrogen-bond acceptors (Lipinski definition) is 4. The summed E-state index contributed by atoms with van der Waals surface area (Å²) in [6.07, 6.45) is 5.56. The van der Waals surface area contributed by atoms with Crippen molar-refractivity contribution in [3.05, 3.63) is 70.0 Å². The molecule has 0 saturated heterocycles. The fourth-order valence-electron chi connectivity index (χ4n) is 3.02. The SMILES string of the molecule is CS(=O)(=O)c1ccc(C2=C(/C=N/OCc3c(F)cccc3Cl)CCC2)cc1. The highest BCUT2D eigenvalue weighted by atomic mass is 35.5. The Morgan fingerprint density at radius 3 is 2.59 bits per heavy atom. The van der Waals surface area contributed by atoms with Gasteiger partial charge in [0.2, 0.25) is 0 Å². The van der Waals surface area contributed by atoms with E-state index < -0.39 is 15.7 Å². The van der Waals surface area contributed by atoms with Crippen molar-refractivity contribution in [2.75, 3.05) is 6.26 Å². The predicted octanol–water partition coefficient (Wildman–Crippen LogP) is 5.02. The molecule has 0 heterocycles. The van der Waals surface area contributed by atoms with Crippen LogP contribution in [-0.4, -0.2) is 20.9 Å². The maximum absolute atomic E-state index is 13.7. The van der Waals surface area contributed by atoms with Crippen LogP contribution in [-0.2, 0) is 21.3 Å². The van der Waals surface area contributed by atoms with Crippen molar-refractivity contribution < 1.29 is 17.6 Å². The number of allylic oxidation sites excluding steroid dienone is 2. The van der Waals surface area contributed by atoms with Crippen molar-refractivity contribution in [3.8, 4) is 0 Å². The Hall–Kier alpha value is -2.18. The van der Waals surface area contributed by atoms with Gasteiger partial charge in [0.15, 0.2) is 9.84 Å². The number of oxime groups is 1. The highest BCUT2D eigenvalue weighted by molar-refractivity contribution is 7.90. The summed E-state index contributed by atoms with van der Waals surface area (Å²) in [4.78, 5) is 5.52. The molecule has 0 spiro atoms. The lowest BCUT2D eigenvalue weighted by Gasteiger charge is -2.06. The van der Waals surface area contributed by atoms with Gasteiger partial charge in [-0.25, -0.2) is 12.8 Å². The molecule has 2 aromatic carbocycles. The lowest BCUT2D eigenvalue weighted by Crippen LogP contribution is -1.97. The number of rotatable bonds is 6. The van der Waals surface area contributed by atoms with Crippen LogP contribution in [0.2, 0.25) is 5.02 Å². The molecule has 4 nitrogen and oxygen atoms in total. The number of sulfone groups is 1. The van der Waals surface area contributed by atoms with Gasteiger partial charge in [-0.3, -0.25) is 0 Å². The molecule has 0 aliphatic heterocycles. The first-order valence-electron chi connectivity index (χ1n) is 8.47. The van der Waals surface area contributed by atoms with Gasteiger partial charge in [-0.15, -0.1) is 0 Å². The molecule has 7 heteroatoms. The third-order valence-corrected chi connectivity index (χ3v) is 5.93. The largest absolute Gasteiger partial charge is 0.391 e. The summed E-state index contributed by atoms with van der Waals surface area (Å²) in [5, 5.41) is 4.26. The van der Waals surface area contributed by atoms with E-state index in [-0.39, 0.29) is 12.2 Å². The van der Waals surface area contributed by atoms with Crippen LogP contribution in [0.4, 0.5) is 4.39 Å². The zero-order chi connectivity index (χ0) is 19.4. The molecular weight excluding hydrogens is 389 g/mol. The van der Waals surface area contributed by atoms with Crippen molar-refractivity contribution >= 4 is 33.2 Å². The monoisotopic (exact) mass is 407 g/mol. The quantitative estimate of drug-likeness (QED) is 0.499. The maximum Gasteiger partial charge on any atom is 0.175 e. The molecule has 0 bridgehead atoms. The number of benzene rings is 2. The fourth-order valence-corrected chi connectivity index (χ4v) is 3.86. The van der Waals surface area contributed by atoms with Gasteiger partial charge in [0.25, 0.3) is 0 Å². The number of halogens is 2. The first-order chi connectivity index (χ1) is 12.9. The molecule has 0 atom stereocenters. The van der Waals surface area contributed by atoms with E-state index in [0.29, 0.717) is 9.92 Å². The zero-order valence-corrected chi connectivity index (χ0v) is 16.4. The second-order valence-corrected chi connectivity index (χ2v) is 8.78. The third-order valence-electron chi connectivity index (χ3n) is 4.45. The molecule has 0 unspecified atom stereocenters. The molecule has 3 rings (SSSR count). The van der Waals surface area contributed by atoms with E-state index in [4.69, 9.17) is 16.4 Å². The minimum atomic E-state index is -3.21. The first-order valence-corrected chi connectivity index (χ1v) is 10.7. The van der Waals surface area contributed by atoms with Gasteiger partial charge in [-0.05, 0) is 60.2 Å². The Morgan fingerprint density at radius 2 is 1.93 bits per heavy atom. The van der Waals surface area contributed by atoms with Crippen LogP contribution >= 0.6 is 11.6 Å². The summed E-state index contributed by atoms with van der Waals surface area (Å²) in [6, 6.07) is 11.3. The van der Waals surface area contributed by atoms with E-state index in [2.05, 4.69) is 5.16 Å². The van der Waals surface area contributed by atoms with E-state index >= 15 is 0 Å². The second-order valence-electron chi connectivity index (χ2n) is 6.36. The van der Waals surface area contributed by atoms with Crippen LogP contribution in [0.3, 0.4) is 0 Å². The average Bonchev–Trinajstić information content (AvgIpc) is 3.08. The number of nitrogens with zero attached hydrogens (tertiary/aromatic N) is 1. The van der Waals surface area contributed by atoms with Crippen molar-refractivity contribution in [2.45, 2.75) is 30.8 Å². The molecule has 27 heavy (non-hydrogen) atoms. The van der Waals surface area contributed by atoms with Gasteiger partial charge in [0, 0.05) is 11.8 Å². The average molecular weight is 408 g/mol. The van der Waals surface area contributed by atoms with Gasteiger partial charge in [0.1, 0.15) is 12.4 Å². The van der Waals surface area contributed by atoms with Gasteiger partial charge in [-0.1, -0.05) is 35.0 Å². The van der Waals surface area contributed by atoms with Crippen LogP contribution in [0.5, 0.6) is 0 Å². The molecule has 1 aliphatic carbocycles. The second kappa shape index (κ2) is 8.23. The lowest BCUT2D eigenvalue weighted by atomic mass is 10.0. The normalized spacial score (nSPS) is 14.9.